The van der Waals surface area contributed by atoms with Crippen LogP contribution in [0.3, 0.4) is 0 Å². The van der Waals surface area contributed by atoms with Gasteiger partial charge in [-0.3, -0.25) is 4.79 Å². The molecule has 134 valence electrons. The summed E-state index contributed by atoms with van der Waals surface area (Å²) in [6, 6.07) is 7.00. The van der Waals surface area contributed by atoms with Crippen LogP contribution in [0.15, 0.2) is 39.6 Å². The van der Waals surface area contributed by atoms with Crippen molar-refractivity contribution in [3.63, 3.8) is 0 Å². The number of sulfonamides is 1. The molecule has 25 heavy (non-hydrogen) atoms. The quantitative estimate of drug-likeness (QED) is 0.881. The van der Waals surface area contributed by atoms with Gasteiger partial charge in [-0.15, -0.1) is 0 Å². The molecule has 0 aliphatic carbocycles. The van der Waals surface area contributed by atoms with Gasteiger partial charge in [0, 0.05) is 25.7 Å². The number of hydrogen-bond donors (Lipinski definition) is 1. The highest BCUT2D eigenvalue weighted by Crippen LogP contribution is 2.26. The van der Waals surface area contributed by atoms with Crippen LogP contribution in [-0.4, -0.2) is 31.7 Å². The lowest BCUT2D eigenvalue weighted by Crippen LogP contribution is -2.28. The summed E-state index contributed by atoms with van der Waals surface area (Å²) in [6.07, 6.45) is 1.67. The Kier molecular flexibility index (Phi) is 4.91. The summed E-state index contributed by atoms with van der Waals surface area (Å²) in [4.78, 5) is 12.2. The van der Waals surface area contributed by atoms with E-state index in [1.165, 1.54) is 29.4 Å². The van der Waals surface area contributed by atoms with Crippen molar-refractivity contribution in [3.8, 4) is 0 Å². The first-order chi connectivity index (χ1) is 11.9. The molecule has 1 N–H and O–H groups in total. The van der Waals surface area contributed by atoms with Gasteiger partial charge in [0.05, 0.1) is 0 Å². The Balaban J connectivity index is 1.72. The fraction of sp³-hybridized carbons (Fsp3) is 0.353. The second-order valence-corrected chi connectivity index (χ2v) is 7.86. The third-order valence-corrected chi connectivity index (χ3v) is 6.15. The molecule has 1 aromatic carbocycles. The number of nitrogens with one attached hydrogen (secondary N) is 1. The predicted octanol–water partition coefficient (Wildman–Crippen LogP) is 2.44. The number of furan rings is 1. The molecule has 0 saturated carbocycles. The van der Waals surface area contributed by atoms with Crippen molar-refractivity contribution >= 4 is 15.9 Å². The minimum absolute atomic E-state index is 0.0290. The summed E-state index contributed by atoms with van der Waals surface area (Å²) in [6.45, 7) is 2.69. The molecule has 1 aliphatic rings. The number of amides is 1. The summed E-state index contributed by atoms with van der Waals surface area (Å²) >= 11 is 0. The maximum atomic E-state index is 12.9. The van der Waals surface area contributed by atoms with Crippen LogP contribution in [0.1, 0.15) is 34.7 Å². The molecule has 1 fully saturated rings. The average molecular weight is 366 g/mol. The Morgan fingerprint density at radius 3 is 2.52 bits per heavy atom. The molecule has 2 aromatic rings. The normalized spacial score (nSPS) is 15.4. The summed E-state index contributed by atoms with van der Waals surface area (Å²) in [7, 11) is -3.64. The van der Waals surface area contributed by atoms with Crippen molar-refractivity contribution in [3.05, 3.63) is 53.2 Å². The fourth-order valence-electron chi connectivity index (χ4n) is 2.77. The van der Waals surface area contributed by atoms with Crippen LogP contribution in [0, 0.1) is 12.7 Å². The Labute approximate surface area is 145 Å². The first-order valence-corrected chi connectivity index (χ1v) is 9.45. The Bertz CT molecular complexity index is 869. The highest BCUT2D eigenvalue weighted by Gasteiger charge is 2.31. The largest absolute Gasteiger partial charge is 0.455 e. The van der Waals surface area contributed by atoms with E-state index in [-0.39, 0.29) is 28.8 Å². The van der Waals surface area contributed by atoms with Crippen LogP contribution >= 0.6 is 0 Å². The third kappa shape index (κ3) is 3.74. The summed E-state index contributed by atoms with van der Waals surface area (Å²) in [5.74, 6) is -0.736. The lowest BCUT2D eigenvalue weighted by molar-refractivity contribution is 0.0922. The van der Waals surface area contributed by atoms with Gasteiger partial charge in [0.25, 0.3) is 5.91 Å². The molecule has 0 bridgehead atoms. The second kappa shape index (κ2) is 6.97. The third-order valence-electron chi connectivity index (χ3n) is 4.15. The van der Waals surface area contributed by atoms with Crippen LogP contribution < -0.4 is 5.32 Å². The molecule has 6 nitrogen and oxygen atoms in total. The molecule has 2 heterocycles. The number of nitrogens with zero attached hydrogens (tertiary/aromatic N) is 1. The van der Waals surface area contributed by atoms with Crippen LogP contribution in [0.4, 0.5) is 4.39 Å². The van der Waals surface area contributed by atoms with Gasteiger partial charge in [0.2, 0.25) is 10.0 Å². The topological polar surface area (TPSA) is 79.6 Å². The van der Waals surface area contributed by atoms with Crippen LogP contribution in [0.25, 0.3) is 0 Å². The molecule has 8 heteroatoms. The zero-order chi connectivity index (χ0) is 18.0. The number of aryl methyl sites for hydroxylation is 1. The van der Waals surface area contributed by atoms with E-state index in [4.69, 9.17) is 4.42 Å². The molecule has 0 radical (unpaired) electrons. The van der Waals surface area contributed by atoms with Crippen molar-refractivity contribution in [2.75, 3.05) is 13.1 Å². The highest BCUT2D eigenvalue weighted by molar-refractivity contribution is 7.89. The van der Waals surface area contributed by atoms with Gasteiger partial charge in [0.1, 0.15) is 16.5 Å². The number of carbonyl (C=O) groups is 1. The molecule has 0 unspecified atom stereocenters. The maximum absolute atomic E-state index is 12.9. The second-order valence-electron chi connectivity index (χ2n) is 5.95. The SMILES string of the molecule is Cc1oc(C(=O)NCc2ccc(F)cc2)cc1S(=O)(=O)N1CCCC1. The zero-order valence-electron chi connectivity index (χ0n) is 13.8. The molecular weight excluding hydrogens is 347 g/mol. The van der Waals surface area contributed by atoms with Gasteiger partial charge in [-0.05, 0) is 37.5 Å². The van der Waals surface area contributed by atoms with E-state index in [2.05, 4.69) is 5.32 Å². The van der Waals surface area contributed by atoms with Crippen LogP contribution in [0.5, 0.6) is 0 Å². The Hall–Kier alpha value is -2.19. The number of benzene rings is 1. The summed E-state index contributed by atoms with van der Waals surface area (Å²) < 4.78 is 44.8. The van der Waals surface area contributed by atoms with Crippen molar-refractivity contribution in [2.45, 2.75) is 31.2 Å². The molecule has 0 atom stereocenters. The monoisotopic (exact) mass is 366 g/mol. The predicted molar refractivity (Wildman–Crippen MR) is 89.0 cm³/mol. The van der Waals surface area contributed by atoms with E-state index in [1.54, 1.807) is 12.1 Å². The van der Waals surface area contributed by atoms with E-state index >= 15 is 0 Å². The van der Waals surface area contributed by atoms with Crippen molar-refractivity contribution in [2.24, 2.45) is 0 Å². The standard InChI is InChI=1S/C17H19FN2O4S/c1-12-16(25(22,23)20-8-2-3-9-20)10-15(24-12)17(21)19-11-13-4-6-14(18)7-5-13/h4-7,10H,2-3,8-9,11H2,1H3,(H,19,21). The molecule has 1 aromatic heterocycles. The van der Waals surface area contributed by atoms with Crippen LogP contribution in [0.2, 0.25) is 0 Å². The Morgan fingerprint density at radius 2 is 1.88 bits per heavy atom. The van der Waals surface area contributed by atoms with Crippen molar-refractivity contribution in [1.29, 1.82) is 0 Å². The zero-order valence-corrected chi connectivity index (χ0v) is 14.6. The van der Waals surface area contributed by atoms with Crippen molar-refractivity contribution < 1.29 is 22.0 Å². The number of carbonyl (C=O) groups excluding carboxylic acids is 1. The molecule has 1 amide bonds. The van der Waals surface area contributed by atoms with E-state index in [0.29, 0.717) is 13.1 Å². The Morgan fingerprint density at radius 1 is 1.24 bits per heavy atom. The van der Waals surface area contributed by atoms with E-state index in [9.17, 15) is 17.6 Å². The number of rotatable bonds is 5. The minimum atomic E-state index is -3.64. The molecular formula is C17H19FN2O4S. The first kappa shape index (κ1) is 17.6. The molecule has 1 aliphatic heterocycles. The molecule has 3 rings (SSSR count). The first-order valence-electron chi connectivity index (χ1n) is 8.01. The van der Waals surface area contributed by atoms with Gasteiger partial charge < -0.3 is 9.73 Å². The lowest BCUT2D eigenvalue weighted by Gasteiger charge is -2.14. The summed E-state index contributed by atoms with van der Waals surface area (Å²) in [5, 5.41) is 2.63. The van der Waals surface area contributed by atoms with E-state index in [0.717, 1.165) is 18.4 Å². The number of hydrogen-bond acceptors (Lipinski definition) is 4. The average Bonchev–Trinajstić information content (AvgIpc) is 3.24. The van der Waals surface area contributed by atoms with E-state index < -0.39 is 15.9 Å². The number of halogens is 1. The highest BCUT2D eigenvalue weighted by atomic mass is 32.2. The van der Waals surface area contributed by atoms with Gasteiger partial charge in [0.15, 0.2) is 5.76 Å². The lowest BCUT2D eigenvalue weighted by atomic mass is 10.2. The van der Waals surface area contributed by atoms with Gasteiger partial charge in [-0.2, -0.15) is 4.31 Å². The molecule has 0 spiro atoms. The maximum Gasteiger partial charge on any atom is 0.287 e. The molecule has 1 saturated heterocycles. The van der Waals surface area contributed by atoms with Crippen molar-refractivity contribution in [1.82, 2.24) is 9.62 Å². The van der Waals surface area contributed by atoms with Gasteiger partial charge >= 0.3 is 0 Å². The minimum Gasteiger partial charge on any atom is -0.455 e. The van der Waals surface area contributed by atoms with Gasteiger partial charge in [-0.25, -0.2) is 12.8 Å². The smallest absolute Gasteiger partial charge is 0.287 e. The summed E-state index contributed by atoms with van der Waals surface area (Å²) in [5.41, 5.74) is 0.725. The van der Waals surface area contributed by atoms with Gasteiger partial charge in [-0.1, -0.05) is 12.1 Å². The van der Waals surface area contributed by atoms with Crippen LogP contribution in [-0.2, 0) is 16.6 Å². The fourth-order valence-corrected chi connectivity index (χ4v) is 4.45. The van der Waals surface area contributed by atoms with E-state index in [1.807, 2.05) is 0 Å².